The molecule has 0 fully saturated rings. The van der Waals surface area contributed by atoms with Crippen LogP contribution in [0.15, 0.2) is 36.5 Å². The van der Waals surface area contributed by atoms with Gasteiger partial charge in [0.05, 0.1) is 25.4 Å². The Kier molecular flexibility index (Phi) is 67.9. The normalized spacial score (nSPS) is 12.7. The minimum absolute atomic E-state index is 0.00812. The van der Waals surface area contributed by atoms with Gasteiger partial charge < -0.3 is 20.3 Å². The Morgan fingerprint density at radius 1 is 0.338 bits per heavy atom. The van der Waals surface area contributed by atoms with Crippen LogP contribution >= 0.6 is 0 Å². The average molecular weight is 1120 g/mol. The summed E-state index contributed by atoms with van der Waals surface area (Å²) in [6.45, 7) is 4.91. The van der Waals surface area contributed by atoms with Gasteiger partial charge >= 0.3 is 5.97 Å². The molecule has 1 amide bonds. The van der Waals surface area contributed by atoms with Crippen LogP contribution in [0, 0.1) is 0 Å². The number of nitrogens with one attached hydrogen (secondary N) is 1. The van der Waals surface area contributed by atoms with Gasteiger partial charge in [-0.15, -0.1) is 0 Å². The summed E-state index contributed by atoms with van der Waals surface area (Å²) in [7, 11) is 0. The van der Waals surface area contributed by atoms with E-state index in [4.69, 9.17) is 4.74 Å². The first-order chi connectivity index (χ1) is 39.5. The van der Waals surface area contributed by atoms with E-state index in [1.165, 1.54) is 327 Å². The Hall–Kier alpha value is -1.92. The van der Waals surface area contributed by atoms with Gasteiger partial charge in [-0.1, -0.05) is 339 Å². The number of amides is 1. The zero-order valence-corrected chi connectivity index (χ0v) is 54.1. The van der Waals surface area contributed by atoms with Crippen molar-refractivity contribution in [2.45, 2.75) is 411 Å². The van der Waals surface area contributed by atoms with E-state index < -0.39 is 12.1 Å². The maximum absolute atomic E-state index is 12.5. The summed E-state index contributed by atoms with van der Waals surface area (Å²) in [5.74, 6) is -0.0538. The molecule has 0 aromatic rings. The average Bonchev–Trinajstić information content (AvgIpc) is 3.46. The lowest BCUT2D eigenvalue weighted by Gasteiger charge is -2.20. The van der Waals surface area contributed by atoms with Gasteiger partial charge in [0.2, 0.25) is 5.91 Å². The third kappa shape index (κ3) is 65.2. The monoisotopic (exact) mass is 1120 g/mol. The molecule has 0 rings (SSSR count). The lowest BCUT2D eigenvalue weighted by atomic mass is 10.0. The second-order valence-electron chi connectivity index (χ2n) is 24.9. The molecule has 0 aliphatic rings. The molecule has 0 bridgehead atoms. The van der Waals surface area contributed by atoms with E-state index in [2.05, 4.69) is 43.5 Å². The first kappa shape index (κ1) is 78.1. The predicted molar refractivity (Wildman–Crippen MR) is 352 cm³/mol. The highest BCUT2D eigenvalue weighted by Crippen LogP contribution is 2.19. The Balaban J connectivity index is 3.38. The molecular weight excluding hydrogens is 983 g/mol. The molecule has 0 heterocycles. The van der Waals surface area contributed by atoms with E-state index in [1.807, 2.05) is 6.08 Å². The van der Waals surface area contributed by atoms with Crippen LogP contribution in [-0.2, 0) is 14.3 Å². The van der Waals surface area contributed by atoms with E-state index >= 15 is 0 Å². The lowest BCUT2D eigenvalue weighted by Crippen LogP contribution is -2.45. The van der Waals surface area contributed by atoms with Crippen LogP contribution in [0.1, 0.15) is 399 Å². The molecule has 0 aliphatic carbocycles. The number of ether oxygens (including phenoxy) is 1. The van der Waals surface area contributed by atoms with Crippen LogP contribution in [0.4, 0.5) is 0 Å². The van der Waals surface area contributed by atoms with Crippen molar-refractivity contribution in [3.8, 4) is 0 Å². The SMILES string of the molecule is CCCCC/C=C\CCCCCCCC(=O)OCCCCCCCCCCCCCC/C=C\CCCCCCCCCCCCCCCCCCC(=O)NC(CO)C(O)/C=C/CCCCCCCCCCCCCCCCCCC. The van der Waals surface area contributed by atoms with Crippen molar-refractivity contribution in [1.82, 2.24) is 5.32 Å². The molecule has 6 heteroatoms. The molecule has 472 valence electrons. The summed E-state index contributed by atoms with van der Waals surface area (Å²) in [6.07, 6.45) is 89.5. The smallest absolute Gasteiger partial charge is 0.305 e. The molecule has 0 saturated heterocycles. The van der Waals surface area contributed by atoms with Crippen molar-refractivity contribution < 1.29 is 24.5 Å². The van der Waals surface area contributed by atoms with Gasteiger partial charge in [-0.05, 0) is 83.5 Å². The molecule has 0 aromatic carbocycles. The van der Waals surface area contributed by atoms with Crippen molar-refractivity contribution in [2.75, 3.05) is 13.2 Å². The maximum Gasteiger partial charge on any atom is 0.305 e. The topological polar surface area (TPSA) is 95.9 Å². The van der Waals surface area contributed by atoms with Crippen molar-refractivity contribution in [1.29, 1.82) is 0 Å². The Morgan fingerprint density at radius 2 is 0.588 bits per heavy atom. The van der Waals surface area contributed by atoms with Gasteiger partial charge in [-0.25, -0.2) is 0 Å². The zero-order chi connectivity index (χ0) is 57.8. The van der Waals surface area contributed by atoms with Gasteiger partial charge in [0, 0.05) is 12.8 Å². The number of aliphatic hydroxyl groups is 2. The van der Waals surface area contributed by atoms with Crippen molar-refractivity contribution >= 4 is 11.9 Å². The highest BCUT2D eigenvalue weighted by atomic mass is 16.5. The fraction of sp³-hybridized carbons (Fsp3) is 0.892. The molecule has 0 aliphatic heterocycles. The van der Waals surface area contributed by atoms with Gasteiger partial charge in [-0.2, -0.15) is 0 Å². The molecule has 0 saturated carbocycles. The Bertz CT molecular complexity index is 1300. The minimum atomic E-state index is -0.843. The van der Waals surface area contributed by atoms with Crippen molar-refractivity contribution in [2.24, 2.45) is 0 Å². The molecule has 0 spiro atoms. The minimum Gasteiger partial charge on any atom is -0.466 e. The van der Waals surface area contributed by atoms with E-state index in [0.717, 1.165) is 44.9 Å². The molecule has 0 aromatic heterocycles. The fourth-order valence-corrected chi connectivity index (χ4v) is 11.3. The molecule has 3 N–H and O–H groups in total. The molecule has 2 unspecified atom stereocenters. The van der Waals surface area contributed by atoms with Crippen LogP contribution in [0.25, 0.3) is 0 Å². The van der Waals surface area contributed by atoms with Gasteiger partial charge in [0.25, 0.3) is 0 Å². The summed E-state index contributed by atoms with van der Waals surface area (Å²) in [6, 6.07) is -0.627. The van der Waals surface area contributed by atoms with Crippen LogP contribution in [-0.4, -0.2) is 47.4 Å². The third-order valence-corrected chi connectivity index (χ3v) is 16.9. The number of allylic oxidation sites excluding steroid dienone is 5. The first-order valence-electron chi connectivity index (χ1n) is 36.3. The van der Waals surface area contributed by atoms with Crippen LogP contribution in [0.3, 0.4) is 0 Å². The summed E-state index contributed by atoms with van der Waals surface area (Å²) in [5, 5.41) is 23.2. The number of hydrogen-bond acceptors (Lipinski definition) is 5. The number of unbranched alkanes of at least 4 members (excludes halogenated alkanes) is 53. The van der Waals surface area contributed by atoms with Gasteiger partial charge in [-0.3, -0.25) is 9.59 Å². The fourth-order valence-electron chi connectivity index (χ4n) is 11.3. The predicted octanol–water partition coefficient (Wildman–Crippen LogP) is 23.5. The second kappa shape index (κ2) is 69.6. The molecule has 2 atom stereocenters. The Labute approximate surface area is 500 Å². The third-order valence-electron chi connectivity index (χ3n) is 16.9. The van der Waals surface area contributed by atoms with Crippen LogP contribution in [0.5, 0.6) is 0 Å². The highest BCUT2D eigenvalue weighted by Gasteiger charge is 2.18. The molecular formula is C74H141NO5. The number of rotatable bonds is 68. The highest BCUT2D eigenvalue weighted by molar-refractivity contribution is 5.76. The van der Waals surface area contributed by atoms with Crippen LogP contribution < -0.4 is 5.32 Å². The molecule has 6 nitrogen and oxygen atoms in total. The van der Waals surface area contributed by atoms with Gasteiger partial charge in [0.15, 0.2) is 0 Å². The van der Waals surface area contributed by atoms with Gasteiger partial charge in [0.1, 0.15) is 0 Å². The number of carbonyl (C=O) groups excluding carboxylic acids is 2. The first-order valence-corrected chi connectivity index (χ1v) is 36.3. The summed E-state index contributed by atoms with van der Waals surface area (Å²) >= 11 is 0. The van der Waals surface area contributed by atoms with E-state index in [9.17, 15) is 19.8 Å². The lowest BCUT2D eigenvalue weighted by molar-refractivity contribution is -0.143. The van der Waals surface area contributed by atoms with E-state index in [-0.39, 0.29) is 18.5 Å². The number of esters is 1. The second-order valence-corrected chi connectivity index (χ2v) is 24.9. The Morgan fingerprint density at radius 3 is 0.912 bits per heavy atom. The van der Waals surface area contributed by atoms with E-state index in [1.54, 1.807) is 6.08 Å². The van der Waals surface area contributed by atoms with Crippen molar-refractivity contribution in [3.05, 3.63) is 36.5 Å². The standard InChI is InChI=1S/C74H141NO5/c1-3-5-7-9-11-13-15-17-18-19-34-37-40-43-46-50-54-58-62-66-72(77)71(70-76)75-73(78)67-63-59-55-51-47-44-41-38-35-32-30-28-26-24-22-20-21-23-25-27-29-31-33-36-39-42-45-49-53-57-61-65-69-80-74(79)68-64-60-56-52-48-16-14-12-10-8-6-4-2/h12,14,23,25,62,66,71-72,76-77H,3-11,13,15-22,24,26-61,63-65,67-70H2,1-2H3,(H,75,78)/b14-12-,25-23-,66-62+. The molecule has 80 heavy (non-hydrogen) atoms. The number of hydrogen-bond donors (Lipinski definition) is 3. The quantitative estimate of drug-likeness (QED) is 0.0320. The largest absolute Gasteiger partial charge is 0.466 e. The number of carbonyl (C=O) groups is 2. The molecule has 0 radical (unpaired) electrons. The van der Waals surface area contributed by atoms with E-state index in [0.29, 0.717) is 19.4 Å². The maximum atomic E-state index is 12.5. The number of aliphatic hydroxyl groups excluding tert-OH is 2. The summed E-state index contributed by atoms with van der Waals surface area (Å²) in [4.78, 5) is 24.5. The summed E-state index contributed by atoms with van der Waals surface area (Å²) < 4.78 is 5.47. The zero-order valence-electron chi connectivity index (χ0n) is 54.1. The summed E-state index contributed by atoms with van der Waals surface area (Å²) in [5.41, 5.74) is 0. The van der Waals surface area contributed by atoms with Crippen LogP contribution in [0.2, 0.25) is 0 Å². The van der Waals surface area contributed by atoms with Crippen molar-refractivity contribution in [3.63, 3.8) is 0 Å².